The summed E-state index contributed by atoms with van der Waals surface area (Å²) in [6, 6.07) is 11.1. The molecule has 3 aromatic rings. The number of carbonyl (C=O) groups is 1. The van der Waals surface area contributed by atoms with Crippen molar-refractivity contribution in [1.82, 2.24) is 0 Å². The summed E-state index contributed by atoms with van der Waals surface area (Å²) in [5.41, 5.74) is -1.68. The molecule has 2 aromatic carbocycles. The lowest BCUT2D eigenvalue weighted by atomic mass is 10.1. The predicted molar refractivity (Wildman–Crippen MR) is 114 cm³/mol. The first-order valence-corrected chi connectivity index (χ1v) is 9.59. The summed E-state index contributed by atoms with van der Waals surface area (Å²) in [6.45, 7) is 0. The molecular weight excluding hydrogens is 486 g/mol. The van der Waals surface area contributed by atoms with Crippen molar-refractivity contribution < 1.29 is 27.3 Å². The highest BCUT2D eigenvalue weighted by molar-refractivity contribution is 6.33. The molecule has 0 bridgehead atoms. The van der Waals surface area contributed by atoms with Crippen molar-refractivity contribution in [2.75, 3.05) is 5.32 Å². The fraction of sp³-hybridized carbons (Fsp3) is 0.0476. The van der Waals surface area contributed by atoms with Crippen molar-refractivity contribution in [3.05, 3.63) is 85.6 Å². The van der Waals surface area contributed by atoms with E-state index in [-0.39, 0.29) is 27.9 Å². The smallest absolute Gasteiger partial charge is 0.417 e. The average molecular weight is 496 g/mol. The van der Waals surface area contributed by atoms with E-state index in [4.69, 9.17) is 27.6 Å². The molecule has 0 aliphatic carbocycles. The highest BCUT2D eigenvalue weighted by Crippen LogP contribution is 2.36. The first kappa shape index (κ1) is 23.8. The van der Waals surface area contributed by atoms with Crippen LogP contribution in [0.1, 0.15) is 11.3 Å². The number of alkyl halides is 3. The minimum Gasteiger partial charge on any atom is -0.457 e. The van der Waals surface area contributed by atoms with Crippen molar-refractivity contribution in [2.24, 2.45) is 0 Å². The van der Waals surface area contributed by atoms with E-state index in [1.807, 2.05) is 0 Å². The van der Waals surface area contributed by atoms with Gasteiger partial charge in [-0.1, -0.05) is 23.2 Å². The number of nitrogens with zero attached hydrogens (tertiary/aromatic N) is 2. The van der Waals surface area contributed by atoms with Gasteiger partial charge in [-0.05, 0) is 36.4 Å². The molecule has 1 heterocycles. The van der Waals surface area contributed by atoms with Crippen LogP contribution in [0, 0.1) is 21.4 Å². The second-order valence-corrected chi connectivity index (χ2v) is 7.25. The lowest BCUT2D eigenvalue weighted by molar-refractivity contribution is -0.384. The maximum atomic E-state index is 13.0. The molecule has 0 saturated heterocycles. The number of rotatable bonds is 5. The third-order valence-electron chi connectivity index (χ3n) is 4.24. The molecular formula is C21H10Cl2F3N3O4. The number of halogens is 5. The summed E-state index contributed by atoms with van der Waals surface area (Å²) >= 11 is 11.6. The van der Waals surface area contributed by atoms with Gasteiger partial charge in [0.15, 0.2) is 0 Å². The molecule has 0 saturated carbocycles. The van der Waals surface area contributed by atoms with E-state index in [9.17, 15) is 33.3 Å². The summed E-state index contributed by atoms with van der Waals surface area (Å²) in [5, 5.41) is 21.8. The van der Waals surface area contributed by atoms with Crippen LogP contribution in [0.3, 0.4) is 0 Å². The number of hydrogen-bond donors (Lipinski definition) is 1. The summed E-state index contributed by atoms with van der Waals surface area (Å²) in [6.07, 6.45) is -3.64. The molecule has 0 aliphatic heterocycles. The molecule has 0 aliphatic rings. The van der Waals surface area contributed by atoms with E-state index in [0.29, 0.717) is 11.6 Å². The normalized spacial score (nSPS) is 11.7. The highest BCUT2D eigenvalue weighted by Gasteiger charge is 2.33. The molecule has 3 rings (SSSR count). The quantitative estimate of drug-likeness (QED) is 0.182. The number of furan rings is 1. The van der Waals surface area contributed by atoms with Crippen molar-refractivity contribution in [3.63, 3.8) is 0 Å². The molecule has 12 heteroatoms. The number of nitriles is 1. The number of nitrogens with one attached hydrogen (secondary N) is 1. The minimum absolute atomic E-state index is 0.0514. The lowest BCUT2D eigenvalue weighted by Crippen LogP contribution is -2.14. The van der Waals surface area contributed by atoms with Crippen molar-refractivity contribution in [3.8, 4) is 17.4 Å². The second kappa shape index (κ2) is 9.36. The third kappa shape index (κ3) is 5.52. The SMILES string of the molecule is N#CC(=Cc1ccc(-c2ccc([N+](=O)[O-])cc2Cl)o1)C(=O)Nc1ccc(Cl)c(C(F)(F)F)c1. The van der Waals surface area contributed by atoms with E-state index >= 15 is 0 Å². The first-order chi connectivity index (χ1) is 15.5. The van der Waals surface area contributed by atoms with Gasteiger partial charge in [-0.25, -0.2) is 0 Å². The van der Waals surface area contributed by atoms with Gasteiger partial charge < -0.3 is 9.73 Å². The molecule has 1 amide bonds. The molecule has 7 nitrogen and oxygen atoms in total. The Kier molecular flexibility index (Phi) is 6.76. The molecule has 0 fully saturated rings. The first-order valence-electron chi connectivity index (χ1n) is 8.83. The zero-order valence-electron chi connectivity index (χ0n) is 16.1. The van der Waals surface area contributed by atoms with Crippen LogP contribution in [-0.4, -0.2) is 10.8 Å². The Morgan fingerprint density at radius 2 is 1.85 bits per heavy atom. The van der Waals surface area contributed by atoms with Gasteiger partial charge in [0.05, 0.1) is 20.5 Å². The maximum absolute atomic E-state index is 13.0. The van der Waals surface area contributed by atoms with Gasteiger partial charge in [0.25, 0.3) is 11.6 Å². The topological polar surface area (TPSA) is 109 Å². The summed E-state index contributed by atoms with van der Waals surface area (Å²) in [4.78, 5) is 22.6. The molecule has 0 spiro atoms. The zero-order chi connectivity index (χ0) is 24.3. The van der Waals surface area contributed by atoms with Gasteiger partial charge in [-0.2, -0.15) is 18.4 Å². The van der Waals surface area contributed by atoms with Gasteiger partial charge in [0, 0.05) is 29.5 Å². The molecule has 33 heavy (non-hydrogen) atoms. The number of nitro benzene ring substituents is 1. The minimum atomic E-state index is -4.73. The number of anilines is 1. The number of amides is 1. The summed E-state index contributed by atoms with van der Waals surface area (Å²) < 4.78 is 44.5. The van der Waals surface area contributed by atoms with Crippen LogP contribution in [0.2, 0.25) is 10.0 Å². The standard InChI is InChI=1S/C21H10Cl2F3N3O4/c22-17-5-1-12(8-16(17)21(24,25)26)28-20(30)11(10-27)7-14-3-6-19(33-14)15-4-2-13(29(31)32)9-18(15)23/h1-9H,(H,28,30). The molecule has 0 unspecified atom stereocenters. The lowest BCUT2D eigenvalue weighted by Gasteiger charge is -2.11. The highest BCUT2D eigenvalue weighted by atomic mass is 35.5. The Bertz CT molecular complexity index is 1330. The monoisotopic (exact) mass is 495 g/mol. The fourth-order valence-electron chi connectivity index (χ4n) is 2.70. The van der Waals surface area contributed by atoms with Crippen LogP contribution in [0.15, 0.2) is 58.5 Å². The van der Waals surface area contributed by atoms with E-state index in [1.165, 1.54) is 24.3 Å². The van der Waals surface area contributed by atoms with Gasteiger partial charge in [0.1, 0.15) is 23.2 Å². The number of carbonyl (C=O) groups excluding carboxylic acids is 1. The summed E-state index contributed by atoms with van der Waals surface area (Å²) in [5.74, 6) is -0.691. The van der Waals surface area contributed by atoms with Gasteiger partial charge in [-0.3, -0.25) is 14.9 Å². The average Bonchev–Trinajstić information content (AvgIpc) is 3.20. The largest absolute Gasteiger partial charge is 0.457 e. The predicted octanol–water partition coefficient (Wildman–Crippen LogP) is 6.73. The Morgan fingerprint density at radius 1 is 1.12 bits per heavy atom. The Hall–Kier alpha value is -3.81. The second-order valence-electron chi connectivity index (χ2n) is 6.44. The Morgan fingerprint density at radius 3 is 2.45 bits per heavy atom. The van der Waals surface area contributed by atoms with Gasteiger partial charge in [0.2, 0.25) is 0 Å². The molecule has 0 atom stereocenters. The number of nitro groups is 1. The molecule has 0 radical (unpaired) electrons. The maximum Gasteiger partial charge on any atom is 0.417 e. The zero-order valence-corrected chi connectivity index (χ0v) is 17.6. The molecule has 1 N–H and O–H groups in total. The van der Waals surface area contributed by atoms with E-state index < -0.39 is 33.2 Å². The number of non-ortho nitro benzene ring substituents is 1. The van der Waals surface area contributed by atoms with E-state index in [2.05, 4.69) is 5.32 Å². The van der Waals surface area contributed by atoms with Crippen LogP contribution >= 0.6 is 23.2 Å². The Balaban J connectivity index is 1.84. The third-order valence-corrected chi connectivity index (χ3v) is 4.88. The van der Waals surface area contributed by atoms with Crippen molar-refractivity contribution >= 4 is 46.6 Å². The van der Waals surface area contributed by atoms with Gasteiger partial charge in [-0.15, -0.1) is 0 Å². The summed E-state index contributed by atoms with van der Waals surface area (Å²) in [7, 11) is 0. The number of benzene rings is 2. The van der Waals surface area contributed by atoms with E-state index in [1.54, 1.807) is 6.07 Å². The Labute approximate surface area is 193 Å². The van der Waals surface area contributed by atoms with Crippen LogP contribution in [-0.2, 0) is 11.0 Å². The van der Waals surface area contributed by atoms with Crippen LogP contribution in [0.5, 0.6) is 0 Å². The number of hydrogen-bond acceptors (Lipinski definition) is 5. The van der Waals surface area contributed by atoms with Gasteiger partial charge >= 0.3 is 6.18 Å². The van der Waals surface area contributed by atoms with Crippen LogP contribution in [0.25, 0.3) is 17.4 Å². The van der Waals surface area contributed by atoms with Crippen LogP contribution in [0.4, 0.5) is 24.5 Å². The molecule has 1 aromatic heterocycles. The fourth-order valence-corrected chi connectivity index (χ4v) is 3.19. The molecule has 168 valence electrons. The van der Waals surface area contributed by atoms with Crippen molar-refractivity contribution in [2.45, 2.75) is 6.18 Å². The van der Waals surface area contributed by atoms with Crippen LogP contribution < -0.4 is 5.32 Å². The van der Waals surface area contributed by atoms with E-state index in [0.717, 1.165) is 24.3 Å². The van der Waals surface area contributed by atoms with Crippen molar-refractivity contribution in [1.29, 1.82) is 5.26 Å².